The summed E-state index contributed by atoms with van der Waals surface area (Å²) in [6, 6.07) is 17.3. The molecular formula is C24H23N3O4. The summed E-state index contributed by atoms with van der Waals surface area (Å²) in [7, 11) is 2.55. The number of ether oxygens (including phenoxy) is 2. The van der Waals surface area contributed by atoms with Crippen LogP contribution < -0.4 is 0 Å². The topological polar surface area (TPSA) is 75.4 Å². The molecule has 2 heterocycles. The molecule has 0 aliphatic rings. The SMILES string of the molecule is COC(=O)c1c(-c2ccc3c(ccn3C(C)C)c2)nn(-c2ccccc2)c1C(=O)OC. The average Bonchev–Trinajstić information content (AvgIpc) is 3.40. The lowest BCUT2D eigenvalue weighted by atomic mass is 10.0. The second-order valence-corrected chi connectivity index (χ2v) is 7.39. The molecule has 4 rings (SSSR count). The Hall–Kier alpha value is -3.87. The highest BCUT2D eigenvalue weighted by Gasteiger charge is 2.31. The smallest absolute Gasteiger partial charge is 0.357 e. The van der Waals surface area contributed by atoms with Gasteiger partial charge in [0.15, 0.2) is 5.69 Å². The van der Waals surface area contributed by atoms with Crippen LogP contribution in [0.25, 0.3) is 27.8 Å². The zero-order valence-corrected chi connectivity index (χ0v) is 17.8. The molecule has 0 atom stereocenters. The van der Waals surface area contributed by atoms with E-state index in [1.54, 1.807) is 12.1 Å². The highest BCUT2D eigenvalue weighted by Crippen LogP contribution is 2.32. The molecule has 2 aromatic heterocycles. The molecule has 0 radical (unpaired) electrons. The first kappa shape index (κ1) is 20.4. The lowest BCUT2D eigenvalue weighted by molar-refractivity contribution is 0.0549. The quantitative estimate of drug-likeness (QED) is 0.442. The Morgan fingerprint density at radius 2 is 1.65 bits per heavy atom. The minimum absolute atomic E-state index is 0.0235. The molecule has 7 nitrogen and oxygen atoms in total. The summed E-state index contributed by atoms with van der Waals surface area (Å²) in [6.45, 7) is 4.24. The highest BCUT2D eigenvalue weighted by atomic mass is 16.5. The third-order valence-corrected chi connectivity index (χ3v) is 5.20. The molecule has 0 N–H and O–H groups in total. The van der Waals surface area contributed by atoms with Gasteiger partial charge >= 0.3 is 11.9 Å². The predicted octanol–water partition coefficient (Wildman–Crippen LogP) is 4.65. The average molecular weight is 417 g/mol. The van der Waals surface area contributed by atoms with Crippen molar-refractivity contribution >= 4 is 22.8 Å². The molecule has 0 aliphatic heterocycles. The molecule has 0 fully saturated rings. The van der Waals surface area contributed by atoms with E-state index in [2.05, 4.69) is 23.5 Å². The number of nitrogens with zero attached hydrogens (tertiary/aromatic N) is 3. The van der Waals surface area contributed by atoms with Gasteiger partial charge in [0.05, 0.1) is 19.9 Å². The monoisotopic (exact) mass is 417 g/mol. The number of esters is 2. The predicted molar refractivity (Wildman–Crippen MR) is 118 cm³/mol. The van der Waals surface area contributed by atoms with Gasteiger partial charge in [-0.2, -0.15) is 5.10 Å². The van der Waals surface area contributed by atoms with Crippen LogP contribution >= 0.6 is 0 Å². The number of carbonyl (C=O) groups excluding carboxylic acids is 2. The van der Waals surface area contributed by atoms with Gasteiger partial charge in [-0.05, 0) is 44.2 Å². The van der Waals surface area contributed by atoms with Crippen LogP contribution in [0.1, 0.15) is 40.7 Å². The summed E-state index contributed by atoms with van der Waals surface area (Å²) >= 11 is 0. The first-order valence-electron chi connectivity index (χ1n) is 9.92. The fourth-order valence-corrected chi connectivity index (χ4v) is 3.72. The fourth-order valence-electron chi connectivity index (χ4n) is 3.72. The van der Waals surface area contributed by atoms with E-state index < -0.39 is 11.9 Å². The van der Waals surface area contributed by atoms with Crippen molar-refractivity contribution < 1.29 is 19.1 Å². The van der Waals surface area contributed by atoms with Crippen LogP contribution in [0.5, 0.6) is 0 Å². The number of carbonyl (C=O) groups is 2. The Balaban J connectivity index is 1.99. The van der Waals surface area contributed by atoms with Crippen molar-refractivity contribution in [3.63, 3.8) is 0 Å². The van der Waals surface area contributed by atoms with Crippen molar-refractivity contribution in [1.29, 1.82) is 0 Å². The van der Waals surface area contributed by atoms with E-state index in [0.29, 0.717) is 23.0 Å². The van der Waals surface area contributed by atoms with Gasteiger partial charge in [0.1, 0.15) is 11.3 Å². The highest BCUT2D eigenvalue weighted by molar-refractivity contribution is 6.07. The normalized spacial score (nSPS) is 11.1. The number of methoxy groups -OCH3 is 2. The molecule has 0 spiro atoms. The van der Waals surface area contributed by atoms with Gasteiger partial charge in [-0.25, -0.2) is 14.3 Å². The number of rotatable bonds is 5. The Kier molecular flexibility index (Phi) is 5.33. The maximum atomic E-state index is 12.8. The Bertz CT molecular complexity index is 1270. The van der Waals surface area contributed by atoms with Crippen molar-refractivity contribution in [3.8, 4) is 16.9 Å². The van der Waals surface area contributed by atoms with E-state index >= 15 is 0 Å². The Morgan fingerprint density at radius 3 is 2.29 bits per heavy atom. The number of para-hydroxylation sites is 1. The van der Waals surface area contributed by atoms with E-state index in [4.69, 9.17) is 9.47 Å². The summed E-state index contributed by atoms with van der Waals surface area (Å²) in [6.07, 6.45) is 2.03. The van der Waals surface area contributed by atoms with Crippen molar-refractivity contribution in [1.82, 2.24) is 14.3 Å². The summed E-state index contributed by atoms with van der Waals surface area (Å²) in [5, 5.41) is 5.66. The Labute approximate surface area is 179 Å². The Morgan fingerprint density at radius 1 is 0.935 bits per heavy atom. The van der Waals surface area contributed by atoms with Gasteiger partial charge in [0.25, 0.3) is 0 Å². The van der Waals surface area contributed by atoms with E-state index in [0.717, 1.165) is 10.9 Å². The van der Waals surface area contributed by atoms with Crippen LogP contribution in [-0.4, -0.2) is 40.5 Å². The number of aromatic nitrogens is 3. The zero-order valence-electron chi connectivity index (χ0n) is 17.8. The van der Waals surface area contributed by atoms with Crippen LogP contribution in [0, 0.1) is 0 Å². The maximum absolute atomic E-state index is 12.8. The van der Waals surface area contributed by atoms with Gasteiger partial charge in [-0.3, -0.25) is 0 Å². The minimum atomic E-state index is -0.671. The van der Waals surface area contributed by atoms with Gasteiger partial charge in [0.2, 0.25) is 0 Å². The van der Waals surface area contributed by atoms with Crippen LogP contribution in [0.2, 0.25) is 0 Å². The van der Waals surface area contributed by atoms with Crippen molar-refractivity contribution in [2.45, 2.75) is 19.9 Å². The van der Waals surface area contributed by atoms with Gasteiger partial charge in [0, 0.05) is 28.7 Å². The first-order valence-corrected chi connectivity index (χ1v) is 9.92. The minimum Gasteiger partial charge on any atom is -0.465 e. The number of benzene rings is 2. The summed E-state index contributed by atoms with van der Waals surface area (Å²) < 4.78 is 13.6. The van der Waals surface area contributed by atoms with E-state index in [-0.39, 0.29) is 11.3 Å². The van der Waals surface area contributed by atoms with E-state index in [1.165, 1.54) is 18.9 Å². The molecule has 0 saturated carbocycles. The van der Waals surface area contributed by atoms with Crippen LogP contribution in [0.15, 0.2) is 60.8 Å². The van der Waals surface area contributed by atoms with Crippen molar-refractivity contribution in [2.75, 3.05) is 14.2 Å². The second kappa shape index (κ2) is 8.10. The second-order valence-electron chi connectivity index (χ2n) is 7.39. The standard InChI is InChI=1S/C24H23N3O4/c1-15(2)26-13-12-16-14-17(10-11-19(16)26)21-20(23(28)30-3)22(24(29)31-4)27(25-21)18-8-6-5-7-9-18/h5-15H,1-4H3. The molecule has 0 amide bonds. The molecule has 7 heteroatoms. The van der Waals surface area contributed by atoms with E-state index in [1.807, 2.05) is 48.7 Å². The van der Waals surface area contributed by atoms with E-state index in [9.17, 15) is 9.59 Å². The summed E-state index contributed by atoms with van der Waals surface area (Å²) in [5.74, 6) is -1.33. The molecular weight excluding hydrogens is 394 g/mol. The van der Waals surface area contributed by atoms with Gasteiger partial charge in [-0.1, -0.05) is 24.3 Å². The van der Waals surface area contributed by atoms with Crippen molar-refractivity contribution in [3.05, 3.63) is 72.1 Å². The largest absolute Gasteiger partial charge is 0.465 e. The molecule has 0 aliphatic carbocycles. The molecule has 4 aromatic rings. The third-order valence-electron chi connectivity index (χ3n) is 5.20. The molecule has 158 valence electrons. The van der Waals surface area contributed by atoms with Crippen molar-refractivity contribution in [2.24, 2.45) is 0 Å². The fraction of sp³-hybridized carbons (Fsp3) is 0.208. The zero-order chi connectivity index (χ0) is 22.1. The van der Waals surface area contributed by atoms with Crippen LogP contribution in [-0.2, 0) is 9.47 Å². The summed E-state index contributed by atoms with van der Waals surface area (Å²) in [4.78, 5) is 25.5. The number of fused-ring (bicyclic) bond motifs is 1. The summed E-state index contributed by atoms with van der Waals surface area (Å²) in [5.41, 5.74) is 2.86. The lowest BCUT2D eigenvalue weighted by Crippen LogP contribution is -2.15. The van der Waals surface area contributed by atoms with Gasteiger partial charge < -0.3 is 14.0 Å². The van der Waals surface area contributed by atoms with Crippen LogP contribution in [0.4, 0.5) is 0 Å². The molecule has 31 heavy (non-hydrogen) atoms. The van der Waals surface area contributed by atoms with Gasteiger partial charge in [-0.15, -0.1) is 0 Å². The lowest BCUT2D eigenvalue weighted by Gasteiger charge is -2.09. The molecule has 0 unspecified atom stereocenters. The number of hydrogen-bond donors (Lipinski definition) is 0. The molecule has 0 bridgehead atoms. The number of hydrogen-bond acceptors (Lipinski definition) is 5. The van der Waals surface area contributed by atoms with Crippen LogP contribution in [0.3, 0.4) is 0 Å². The molecule has 0 saturated heterocycles. The first-order chi connectivity index (χ1) is 15.0. The molecule has 2 aromatic carbocycles. The maximum Gasteiger partial charge on any atom is 0.357 e. The third kappa shape index (κ3) is 3.48.